The van der Waals surface area contributed by atoms with Crippen molar-refractivity contribution in [2.45, 2.75) is 44.9 Å². The van der Waals surface area contributed by atoms with Crippen molar-refractivity contribution >= 4 is 21.8 Å². The molecule has 1 aromatic rings. The quantitative estimate of drug-likeness (QED) is 0.810. The van der Waals surface area contributed by atoms with E-state index in [9.17, 15) is 4.79 Å². The molecule has 104 valence electrons. The summed E-state index contributed by atoms with van der Waals surface area (Å²) >= 11 is 3.44. The van der Waals surface area contributed by atoms with Gasteiger partial charge in [-0.25, -0.2) is 0 Å². The van der Waals surface area contributed by atoms with E-state index in [4.69, 9.17) is 0 Å². The van der Waals surface area contributed by atoms with Crippen LogP contribution in [0.1, 0.15) is 50.5 Å². The number of hydrogen-bond donors (Lipinski definition) is 0. The Kier molecular flexibility index (Phi) is 5.44. The molecule has 0 aromatic heterocycles. The summed E-state index contributed by atoms with van der Waals surface area (Å²) in [5.41, 5.74) is 1.24. The molecule has 0 N–H and O–H groups in total. The molecule has 19 heavy (non-hydrogen) atoms. The number of hydrogen-bond acceptors (Lipinski definition) is 1. The van der Waals surface area contributed by atoms with Gasteiger partial charge < -0.3 is 4.90 Å². The largest absolute Gasteiger partial charge is 0.343 e. The normalized spacial score (nSPS) is 17.9. The molecule has 1 unspecified atom stereocenters. The van der Waals surface area contributed by atoms with Crippen LogP contribution in [0.25, 0.3) is 0 Å². The van der Waals surface area contributed by atoms with E-state index in [2.05, 4.69) is 39.9 Å². The van der Waals surface area contributed by atoms with Gasteiger partial charge in [0.25, 0.3) is 0 Å². The Morgan fingerprint density at radius 2 is 1.74 bits per heavy atom. The zero-order valence-electron chi connectivity index (χ0n) is 11.6. The summed E-state index contributed by atoms with van der Waals surface area (Å²) in [5, 5.41) is 0. The average Bonchev–Trinajstić information content (AvgIpc) is 2.68. The van der Waals surface area contributed by atoms with Crippen LogP contribution in [0.5, 0.6) is 0 Å². The van der Waals surface area contributed by atoms with E-state index in [1.807, 2.05) is 12.1 Å². The Morgan fingerprint density at radius 1 is 1.16 bits per heavy atom. The number of benzene rings is 1. The number of carbonyl (C=O) groups excluding carboxylic acids is 1. The van der Waals surface area contributed by atoms with E-state index < -0.39 is 0 Å². The van der Waals surface area contributed by atoms with Crippen LogP contribution >= 0.6 is 15.9 Å². The Bertz CT molecular complexity index is 407. The first-order chi connectivity index (χ1) is 9.16. The second kappa shape index (κ2) is 7.09. The predicted molar refractivity (Wildman–Crippen MR) is 82.2 cm³/mol. The third kappa shape index (κ3) is 4.34. The van der Waals surface area contributed by atoms with Gasteiger partial charge in [-0.2, -0.15) is 0 Å². The highest BCUT2D eigenvalue weighted by Gasteiger charge is 2.18. The van der Waals surface area contributed by atoms with Gasteiger partial charge in [0.1, 0.15) is 0 Å². The lowest BCUT2D eigenvalue weighted by atomic mass is 9.97. The number of halogens is 1. The summed E-state index contributed by atoms with van der Waals surface area (Å²) in [6.45, 7) is 4.04. The van der Waals surface area contributed by atoms with Gasteiger partial charge >= 0.3 is 0 Å². The van der Waals surface area contributed by atoms with Crippen molar-refractivity contribution in [1.29, 1.82) is 0 Å². The fourth-order valence-electron chi connectivity index (χ4n) is 2.62. The third-order valence-electron chi connectivity index (χ3n) is 3.88. The van der Waals surface area contributed by atoms with Crippen LogP contribution in [0.4, 0.5) is 0 Å². The van der Waals surface area contributed by atoms with E-state index in [1.165, 1.54) is 31.2 Å². The Hall–Kier alpha value is -0.830. The van der Waals surface area contributed by atoms with Crippen LogP contribution < -0.4 is 0 Å². The minimum absolute atomic E-state index is 0.295. The fourth-order valence-corrected chi connectivity index (χ4v) is 2.88. The summed E-state index contributed by atoms with van der Waals surface area (Å²) in [7, 11) is 0. The molecule has 0 aliphatic carbocycles. The molecule has 1 saturated heterocycles. The summed E-state index contributed by atoms with van der Waals surface area (Å²) < 4.78 is 1.09. The standard InChI is InChI=1S/C16H22BrNO/c1-13(14-6-8-15(17)9-7-14)12-16(19)18-10-4-2-3-5-11-18/h6-9,13H,2-5,10-12H2,1H3. The third-order valence-corrected chi connectivity index (χ3v) is 4.41. The zero-order valence-corrected chi connectivity index (χ0v) is 13.2. The highest BCUT2D eigenvalue weighted by atomic mass is 79.9. The number of nitrogens with zero attached hydrogens (tertiary/aromatic N) is 1. The average molecular weight is 324 g/mol. The summed E-state index contributed by atoms with van der Waals surface area (Å²) in [5.74, 6) is 0.612. The molecule has 1 atom stereocenters. The number of amides is 1. The first-order valence-corrected chi connectivity index (χ1v) is 7.99. The second-order valence-corrected chi connectivity index (χ2v) is 6.37. The SMILES string of the molecule is CC(CC(=O)N1CCCCCC1)c1ccc(Br)cc1. The molecule has 0 bridgehead atoms. The first-order valence-electron chi connectivity index (χ1n) is 7.20. The van der Waals surface area contributed by atoms with Gasteiger partial charge in [-0.1, -0.05) is 47.8 Å². The molecule has 0 saturated carbocycles. The Balaban J connectivity index is 1.92. The van der Waals surface area contributed by atoms with Crippen molar-refractivity contribution in [2.24, 2.45) is 0 Å². The molecular formula is C16H22BrNO. The lowest BCUT2D eigenvalue weighted by molar-refractivity contribution is -0.131. The molecule has 2 nitrogen and oxygen atoms in total. The summed E-state index contributed by atoms with van der Waals surface area (Å²) in [6.07, 6.45) is 5.50. The van der Waals surface area contributed by atoms with Gasteiger partial charge in [0.15, 0.2) is 0 Å². The van der Waals surface area contributed by atoms with Crippen molar-refractivity contribution in [1.82, 2.24) is 4.90 Å². The second-order valence-electron chi connectivity index (χ2n) is 5.45. The molecule has 3 heteroatoms. The lowest BCUT2D eigenvalue weighted by Gasteiger charge is -2.22. The predicted octanol–water partition coefficient (Wildman–Crippen LogP) is 4.35. The van der Waals surface area contributed by atoms with E-state index in [-0.39, 0.29) is 0 Å². The van der Waals surface area contributed by atoms with Crippen LogP contribution in [0, 0.1) is 0 Å². The molecule has 1 aromatic carbocycles. The first kappa shape index (κ1) is 14.6. The van der Waals surface area contributed by atoms with Crippen molar-refractivity contribution in [3.8, 4) is 0 Å². The van der Waals surface area contributed by atoms with Crippen molar-refractivity contribution < 1.29 is 4.79 Å². The monoisotopic (exact) mass is 323 g/mol. The maximum atomic E-state index is 12.3. The minimum atomic E-state index is 0.295. The lowest BCUT2D eigenvalue weighted by Crippen LogP contribution is -2.32. The zero-order chi connectivity index (χ0) is 13.7. The Morgan fingerprint density at radius 3 is 2.32 bits per heavy atom. The number of likely N-dealkylation sites (tertiary alicyclic amines) is 1. The van der Waals surface area contributed by atoms with Crippen LogP contribution in [0.15, 0.2) is 28.7 Å². The van der Waals surface area contributed by atoms with E-state index in [0.717, 1.165) is 17.6 Å². The van der Waals surface area contributed by atoms with Crippen LogP contribution in [-0.4, -0.2) is 23.9 Å². The van der Waals surface area contributed by atoms with Crippen molar-refractivity contribution in [3.63, 3.8) is 0 Å². The minimum Gasteiger partial charge on any atom is -0.343 e. The highest BCUT2D eigenvalue weighted by molar-refractivity contribution is 9.10. The van der Waals surface area contributed by atoms with Gasteiger partial charge in [-0.15, -0.1) is 0 Å². The van der Waals surface area contributed by atoms with Crippen molar-refractivity contribution in [2.75, 3.05) is 13.1 Å². The maximum absolute atomic E-state index is 12.3. The fraction of sp³-hybridized carbons (Fsp3) is 0.562. The van der Waals surface area contributed by atoms with Crippen LogP contribution in [-0.2, 0) is 4.79 Å². The topological polar surface area (TPSA) is 20.3 Å². The summed E-state index contributed by atoms with van der Waals surface area (Å²) in [6, 6.07) is 8.29. The molecule has 1 fully saturated rings. The van der Waals surface area contributed by atoms with Crippen LogP contribution in [0.3, 0.4) is 0 Å². The molecule has 0 radical (unpaired) electrons. The molecular weight excluding hydrogens is 302 g/mol. The molecule has 1 aliphatic rings. The molecule has 1 heterocycles. The van der Waals surface area contributed by atoms with E-state index >= 15 is 0 Å². The Labute approximate surface area is 124 Å². The molecule has 2 rings (SSSR count). The highest BCUT2D eigenvalue weighted by Crippen LogP contribution is 2.23. The maximum Gasteiger partial charge on any atom is 0.223 e. The smallest absolute Gasteiger partial charge is 0.223 e. The molecule has 1 amide bonds. The van der Waals surface area contributed by atoms with E-state index in [0.29, 0.717) is 18.2 Å². The van der Waals surface area contributed by atoms with Crippen LogP contribution in [0.2, 0.25) is 0 Å². The number of rotatable bonds is 3. The molecule has 0 spiro atoms. The van der Waals surface area contributed by atoms with Crippen molar-refractivity contribution in [3.05, 3.63) is 34.3 Å². The van der Waals surface area contributed by atoms with Gasteiger partial charge in [-0.3, -0.25) is 4.79 Å². The van der Waals surface area contributed by atoms with Gasteiger partial charge in [0.2, 0.25) is 5.91 Å². The van der Waals surface area contributed by atoms with E-state index in [1.54, 1.807) is 0 Å². The number of carbonyl (C=O) groups is 1. The van der Waals surface area contributed by atoms with Gasteiger partial charge in [0, 0.05) is 24.0 Å². The van der Waals surface area contributed by atoms with Gasteiger partial charge in [0.05, 0.1) is 0 Å². The summed E-state index contributed by atoms with van der Waals surface area (Å²) in [4.78, 5) is 14.4. The molecule has 1 aliphatic heterocycles. The van der Waals surface area contributed by atoms with Gasteiger partial charge in [-0.05, 0) is 36.5 Å².